The molecule has 252 valence electrons. The largest absolute Gasteiger partial charge is 0.456 e. The highest BCUT2D eigenvalue weighted by molar-refractivity contribution is 6.23. The van der Waals surface area contributed by atoms with Crippen molar-refractivity contribution in [1.82, 2.24) is 0 Å². The van der Waals surface area contributed by atoms with Gasteiger partial charge in [0, 0.05) is 16.2 Å². The van der Waals surface area contributed by atoms with Gasteiger partial charge in [-0.05, 0) is 151 Å². The Morgan fingerprint density at radius 2 is 0.981 bits per heavy atom. The zero-order valence-corrected chi connectivity index (χ0v) is 29.6. The number of hydrogen-bond donors (Lipinski definition) is 0. The molecule has 1 spiro atoms. The van der Waals surface area contributed by atoms with Crippen LogP contribution in [0.4, 0.5) is 0 Å². The van der Waals surface area contributed by atoms with Crippen LogP contribution in [0.2, 0.25) is 0 Å². The molecule has 1 heteroatoms. The van der Waals surface area contributed by atoms with Crippen molar-refractivity contribution in [3.05, 3.63) is 157 Å². The van der Waals surface area contributed by atoms with Gasteiger partial charge in [-0.15, -0.1) is 0 Å². The van der Waals surface area contributed by atoms with E-state index < -0.39 is 0 Å². The van der Waals surface area contributed by atoms with Crippen molar-refractivity contribution in [3.63, 3.8) is 0 Å². The highest BCUT2D eigenvalue weighted by Crippen LogP contribution is 2.71. The van der Waals surface area contributed by atoms with Crippen molar-refractivity contribution in [2.75, 3.05) is 0 Å². The van der Waals surface area contributed by atoms with Gasteiger partial charge in [0.25, 0.3) is 0 Å². The Morgan fingerprint density at radius 1 is 0.415 bits per heavy atom. The summed E-state index contributed by atoms with van der Waals surface area (Å²) < 4.78 is 6.45. The lowest BCUT2D eigenvalue weighted by Crippen LogP contribution is -2.55. The third kappa shape index (κ3) is 3.63. The Kier molecular flexibility index (Phi) is 5.59. The molecular formula is C52H38O. The lowest BCUT2D eigenvalue weighted by atomic mass is 9.42. The summed E-state index contributed by atoms with van der Waals surface area (Å²) >= 11 is 0. The van der Waals surface area contributed by atoms with Crippen molar-refractivity contribution in [3.8, 4) is 33.4 Å². The van der Waals surface area contributed by atoms with Crippen LogP contribution >= 0.6 is 0 Å². The molecule has 0 aliphatic heterocycles. The molecule has 0 saturated heterocycles. The molecule has 5 aliphatic rings. The highest BCUT2D eigenvalue weighted by atomic mass is 16.3. The standard InChI is InChI=1S/C52H38O/c1-2-11-36-32(10-1)21-23-45-50(36)44-18-9-17-43(51(44)52(45)34-25-30-24-31(27-34)28-35(52)26-30)49-41-15-5-3-13-39(41)48(40-14-4-6-16-42(40)49)33-20-22-38-37-12-7-8-19-46(37)53-47(38)29-33/h1-23,29-31,34-35H,24-28H2. The minimum Gasteiger partial charge on any atom is -0.456 e. The van der Waals surface area contributed by atoms with Gasteiger partial charge in [-0.3, -0.25) is 0 Å². The first kappa shape index (κ1) is 28.9. The van der Waals surface area contributed by atoms with E-state index in [0.29, 0.717) is 11.8 Å². The molecule has 14 rings (SSSR count). The molecule has 5 aliphatic carbocycles. The van der Waals surface area contributed by atoms with Crippen LogP contribution in [0.1, 0.15) is 43.2 Å². The van der Waals surface area contributed by atoms with Crippen LogP contribution in [0.25, 0.3) is 87.6 Å². The van der Waals surface area contributed by atoms with E-state index in [-0.39, 0.29) is 5.41 Å². The number of benzene rings is 8. The van der Waals surface area contributed by atoms with E-state index in [9.17, 15) is 0 Å². The number of rotatable bonds is 2. The lowest BCUT2D eigenvalue weighted by Gasteiger charge is -2.61. The van der Waals surface area contributed by atoms with E-state index in [1.165, 1.54) is 109 Å². The predicted octanol–water partition coefficient (Wildman–Crippen LogP) is 14.1. The first-order valence-electron chi connectivity index (χ1n) is 19.8. The molecule has 9 aromatic rings. The summed E-state index contributed by atoms with van der Waals surface area (Å²) in [7, 11) is 0. The van der Waals surface area contributed by atoms with E-state index in [4.69, 9.17) is 4.42 Å². The SMILES string of the molecule is c1cc2c(c(-c3c4ccccc4c(-c4ccc5c(c4)oc4ccccc45)c4ccccc34)c1)C1(c3ccc4ccccc4c3-2)C2CC3CC(C2)CC1C3. The summed E-state index contributed by atoms with van der Waals surface area (Å²) in [6.07, 6.45) is 6.95. The highest BCUT2D eigenvalue weighted by Gasteiger charge is 2.62. The van der Waals surface area contributed by atoms with Crippen molar-refractivity contribution < 1.29 is 4.42 Å². The van der Waals surface area contributed by atoms with Gasteiger partial charge in [-0.25, -0.2) is 0 Å². The second-order valence-electron chi connectivity index (χ2n) is 16.8. The van der Waals surface area contributed by atoms with Crippen molar-refractivity contribution >= 4 is 54.3 Å². The maximum absolute atomic E-state index is 6.45. The molecule has 1 nitrogen and oxygen atoms in total. The molecular weight excluding hydrogens is 641 g/mol. The first-order valence-corrected chi connectivity index (χ1v) is 19.8. The van der Waals surface area contributed by atoms with E-state index in [1.54, 1.807) is 11.1 Å². The second kappa shape index (κ2) is 10.3. The molecule has 1 heterocycles. The molecule has 8 aromatic carbocycles. The molecule has 4 bridgehead atoms. The molecule has 0 atom stereocenters. The van der Waals surface area contributed by atoms with Gasteiger partial charge < -0.3 is 4.42 Å². The summed E-state index contributed by atoms with van der Waals surface area (Å²) in [6.45, 7) is 0. The molecule has 4 saturated carbocycles. The Labute approximate surface area is 308 Å². The molecule has 0 unspecified atom stereocenters. The topological polar surface area (TPSA) is 13.1 Å². The summed E-state index contributed by atoms with van der Waals surface area (Å²) in [5.74, 6) is 3.17. The van der Waals surface area contributed by atoms with Crippen LogP contribution in [0.3, 0.4) is 0 Å². The van der Waals surface area contributed by atoms with Crippen LogP contribution in [0, 0.1) is 23.7 Å². The van der Waals surface area contributed by atoms with E-state index >= 15 is 0 Å². The average Bonchev–Trinajstić information content (AvgIpc) is 3.72. The molecule has 4 fully saturated rings. The fourth-order valence-corrected chi connectivity index (χ4v) is 12.8. The fraction of sp³-hybridized carbons (Fsp3) is 0.192. The number of furan rings is 1. The maximum atomic E-state index is 6.45. The molecule has 1 aromatic heterocycles. The predicted molar refractivity (Wildman–Crippen MR) is 220 cm³/mol. The maximum Gasteiger partial charge on any atom is 0.136 e. The van der Waals surface area contributed by atoms with Crippen LogP contribution < -0.4 is 0 Å². The van der Waals surface area contributed by atoms with Gasteiger partial charge in [0.2, 0.25) is 0 Å². The van der Waals surface area contributed by atoms with Gasteiger partial charge in [0.15, 0.2) is 0 Å². The van der Waals surface area contributed by atoms with Gasteiger partial charge in [-0.1, -0.05) is 127 Å². The van der Waals surface area contributed by atoms with Crippen molar-refractivity contribution in [2.24, 2.45) is 23.7 Å². The summed E-state index contributed by atoms with van der Waals surface area (Å²) in [4.78, 5) is 0. The van der Waals surface area contributed by atoms with Crippen molar-refractivity contribution in [2.45, 2.75) is 37.5 Å². The van der Waals surface area contributed by atoms with Crippen LogP contribution in [0.5, 0.6) is 0 Å². The van der Waals surface area contributed by atoms with Crippen LogP contribution in [-0.2, 0) is 5.41 Å². The third-order valence-corrected chi connectivity index (χ3v) is 14.4. The summed E-state index contributed by atoms with van der Waals surface area (Å²) in [5.41, 5.74) is 13.5. The minimum atomic E-state index is 0.0475. The van der Waals surface area contributed by atoms with E-state index in [1.807, 2.05) is 0 Å². The normalized spacial score (nSPS) is 23.9. The van der Waals surface area contributed by atoms with Crippen LogP contribution in [-0.4, -0.2) is 0 Å². The lowest BCUT2D eigenvalue weighted by molar-refractivity contribution is -0.0396. The smallest absolute Gasteiger partial charge is 0.136 e. The number of para-hydroxylation sites is 1. The monoisotopic (exact) mass is 678 g/mol. The van der Waals surface area contributed by atoms with Gasteiger partial charge in [0.05, 0.1) is 0 Å². The Morgan fingerprint density at radius 3 is 1.68 bits per heavy atom. The zero-order chi connectivity index (χ0) is 34.4. The number of fused-ring (bicyclic) bond motifs is 10. The van der Waals surface area contributed by atoms with Gasteiger partial charge in [-0.2, -0.15) is 0 Å². The van der Waals surface area contributed by atoms with Crippen molar-refractivity contribution in [1.29, 1.82) is 0 Å². The first-order chi connectivity index (χ1) is 26.3. The van der Waals surface area contributed by atoms with E-state index in [0.717, 1.165) is 23.0 Å². The third-order valence-electron chi connectivity index (χ3n) is 14.4. The minimum absolute atomic E-state index is 0.0475. The number of hydrogen-bond acceptors (Lipinski definition) is 1. The zero-order valence-electron chi connectivity index (χ0n) is 29.6. The fourth-order valence-electron chi connectivity index (χ4n) is 12.8. The average molecular weight is 679 g/mol. The quantitative estimate of drug-likeness (QED) is 0.166. The summed E-state index contributed by atoms with van der Waals surface area (Å²) in [5, 5.41) is 10.4. The molecule has 0 N–H and O–H groups in total. The molecule has 0 radical (unpaired) electrons. The molecule has 53 heavy (non-hydrogen) atoms. The Balaban J connectivity index is 1.14. The Hall–Kier alpha value is -5.66. The Bertz CT molecular complexity index is 2940. The van der Waals surface area contributed by atoms with E-state index in [2.05, 4.69) is 146 Å². The van der Waals surface area contributed by atoms with Gasteiger partial charge >= 0.3 is 0 Å². The summed E-state index contributed by atoms with van der Waals surface area (Å²) in [6, 6.07) is 55.1. The molecule has 0 amide bonds. The van der Waals surface area contributed by atoms with Gasteiger partial charge in [0.1, 0.15) is 11.2 Å². The van der Waals surface area contributed by atoms with Crippen LogP contribution in [0.15, 0.2) is 150 Å². The second-order valence-corrected chi connectivity index (χ2v) is 16.8.